The van der Waals surface area contributed by atoms with Crippen molar-refractivity contribution in [3.63, 3.8) is 0 Å². The van der Waals surface area contributed by atoms with Gasteiger partial charge < -0.3 is 29.0 Å². The number of nitrogens with zero attached hydrogens (tertiary/aromatic N) is 2. The molecule has 2 N–H and O–H groups in total. The molecule has 11 heteroatoms. The van der Waals surface area contributed by atoms with E-state index in [1.165, 1.54) is 6.07 Å². The summed E-state index contributed by atoms with van der Waals surface area (Å²) in [5.74, 6) is -1.99. The van der Waals surface area contributed by atoms with Gasteiger partial charge >= 0.3 is 19.1 Å². The molecule has 0 radical (unpaired) electrons. The smallest absolute Gasteiger partial charge is 0.534 e. The maximum atomic E-state index is 12.5. The number of nitrogens with one attached hydrogen (secondary N) is 1. The number of aromatic nitrogens is 2. The highest BCUT2D eigenvalue weighted by atomic mass is 16.7. The molecule has 0 saturated carbocycles. The Morgan fingerprint density at radius 1 is 1.31 bits per heavy atom. The van der Waals surface area contributed by atoms with Crippen molar-refractivity contribution in [1.82, 2.24) is 14.9 Å². The summed E-state index contributed by atoms with van der Waals surface area (Å²) in [5, 5.41) is 13.1. The van der Waals surface area contributed by atoms with Gasteiger partial charge in [0.1, 0.15) is 11.3 Å². The minimum absolute atomic E-state index is 0.0956. The summed E-state index contributed by atoms with van der Waals surface area (Å²) >= 11 is 0. The van der Waals surface area contributed by atoms with Crippen LogP contribution >= 0.6 is 0 Å². The van der Waals surface area contributed by atoms with Crippen LogP contribution in [-0.4, -0.2) is 52.3 Å². The van der Waals surface area contributed by atoms with Gasteiger partial charge in [0.05, 0.1) is 17.7 Å². The summed E-state index contributed by atoms with van der Waals surface area (Å²) in [6, 6.07) is 4.88. The number of hydrogen-bond donors (Lipinski definition) is 2. The van der Waals surface area contributed by atoms with E-state index in [2.05, 4.69) is 10.3 Å². The Bertz CT molecular complexity index is 972. The fourth-order valence-corrected chi connectivity index (χ4v) is 3.07. The Morgan fingerprint density at radius 3 is 2.78 bits per heavy atom. The molecule has 1 aliphatic heterocycles. The van der Waals surface area contributed by atoms with Gasteiger partial charge in [-0.1, -0.05) is 12.1 Å². The zero-order chi connectivity index (χ0) is 23.3. The highest BCUT2D eigenvalue weighted by Gasteiger charge is 2.38. The third-order valence-corrected chi connectivity index (χ3v) is 4.83. The average Bonchev–Trinajstić information content (AvgIpc) is 3.25. The molecule has 1 amide bonds. The number of carbonyl (C=O) groups is 3. The van der Waals surface area contributed by atoms with Crippen molar-refractivity contribution in [1.29, 1.82) is 0 Å². The van der Waals surface area contributed by atoms with Crippen molar-refractivity contribution in [3.05, 3.63) is 48.0 Å². The molecule has 0 aliphatic carbocycles. The molecule has 3 rings (SSSR count). The van der Waals surface area contributed by atoms with Gasteiger partial charge in [-0.15, -0.1) is 0 Å². The van der Waals surface area contributed by atoms with Gasteiger partial charge in [-0.2, -0.15) is 0 Å². The Balaban J connectivity index is 1.58. The summed E-state index contributed by atoms with van der Waals surface area (Å²) in [6.07, 6.45) is 5.49. The highest BCUT2D eigenvalue weighted by molar-refractivity contribution is 6.47. The van der Waals surface area contributed by atoms with Gasteiger partial charge in [0.15, 0.2) is 0 Å². The topological polar surface area (TPSA) is 129 Å². The summed E-state index contributed by atoms with van der Waals surface area (Å²) in [5.41, 5.74) is 0.0126. The first-order chi connectivity index (χ1) is 15.1. The normalized spacial score (nSPS) is 15.4. The third-order valence-electron chi connectivity index (χ3n) is 4.83. The van der Waals surface area contributed by atoms with Gasteiger partial charge in [-0.3, -0.25) is 9.59 Å². The molecule has 10 nitrogen and oxygen atoms in total. The van der Waals surface area contributed by atoms with Crippen molar-refractivity contribution in [3.8, 4) is 5.75 Å². The molecule has 1 unspecified atom stereocenters. The van der Waals surface area contributed by atoms with Crippen LogP contribution in [0.4, 0.5) is 0 Å². The summed E-state index contributed by atoms with van der Waals surface area (Å²) in [7, 11) is -1.34. The van der Waals surface area contributed by atoms with Crippen molar-refractivity contribution in [2.45, 2.75) is 46.1 Å². The lowest BCUT2D eigenvalue weighted by molar-refractivity contribution is -0.161. The zero-order valence-electron chi connectivity index (χ0n) is 18.2. The second kappa shape index (κ2) is 9.86. The predicted octanol–water partition coefficient (Wildman–Crippen LogP) is 1.12. The zero-order valence-corrected chi connectivity index (χ0v) is 18.2. The third kappa shape index (κ3) is 5.88. The van der Waals surface area contributed by atoms with Crippen LogP contribution in [0.2, 0.25) is 0 Å². The van der Waals surface area contributed by atoms with E-state index in [0.29, 0.717) is 12.1 Å². The quantitative estimate of drug-likeness (QED) is 0.370. The van der Waals surface area contributed by atoms with E-state index in [1.807, 2.05) is 0 Å². The second-order valence-electron chi connectivity index (χ2n) is 8.46. The van der Waals surface area contributed by atoms with Crippen LogP contribution < -0.4 is 9.97 Å². The fourth-order valence-electron chi connectivity index (χ4n) is 3.07. The molecule has 0 spiro atoms. The second-order valence-corrected chi connectivity index (χ2v) is 8.46. The van der Waals surface area contributed by atoms with E-state index in [4.69, 9.17) is 14.1 Å². The van der Waals surface area contributed by atoms with Crippen LogP contribution in [0.3, 0.4) is 0 Å². The van der Waals surface area contributed by atoms with Crippen molar-refractivity contribution >= 4 is 25.0 Å². The number of imidazole rings is 1. The lowest BCUT2D eigenvalue weighted by Crippen LogP contribution is -2.53. The summed E-state index contributed by atoms with van der Waals surface area (Å²) in [6.45, 7) is 4.99. The average molecular weight is 443 g/mol. The van der Waals surface area contributed by atoms with Gasteiger partial charge in [-0.05, 0) is 38.8 Å². The highest BCUT2D eigenvalue weighted by Crippen LogP contribution is 2.30. The molecule has 2 aromatic rings. The monoisotopic (exact) mass is 443 g/mol. The number of carbonyl (C=O) groups excluding carboxylic acids is 3. The van der Waals surface area contributed by atoms with Crippen LogP contribution in [0.1, 0.15) is 43.1 Å². The first kappa shape index (κ1) is 23.3. The molecule has 170 valence electrons. The Kier molecular flexibility index (Phi) is 7.19. The molecule has 1 aromatic heterocycles. The fraction of sp³-hybridized carbons (Fsp3) is 0.429. The van der Waals surface area contributed by atoms with Crippen LogP contribution in [0.25, 0.3) is 0 Å². The minimum Gasteiger partial charge on any atom is -0.534 e. The van der Waals surface area contributed by atoms with Gasteiger partial charge in [0, 0.05) is 25.4 Å². The molecular weight excluding hydrogens is 417 g/mol. The summed E-state index contributed by atoms with van der Waals surface area (Å²) < 4.78 is 17.3. The molecule has 0 saturated heterocycles. The van der Waals surface area contributed by atoms with E-state index in [1.54, 1.807) is 56.2 Å². The summed E-state index contributed by atoms with van der Waals surface area (Å²) in [4.78, 5) is 40.4. The van der Waals surface area contributed by atoms with Crippen molar-refractivity contribution < 1.29 is 33.5 Å². The molecule has 2 heterocycles. The van der Waals surface area contributed by atoms with Crippen LogP contribution in [-0.2, 0) is 32.0 Å². The number of aryl methyl sites for hydroxylation is 1. The van der Waals surface area contributed by atoms with Crippen molar-refractivity contribution in [2.75, 3.05) is 6.79 Å². The predicted molar refractivity (Wildman–Crippen MR) is 113 cm³/mol. The lowest BCUT2D eigenvalue weighted by atomic mass is 9.72. The van der Waals surface area contributed by atoms with Crippen molar-refractivity contribution in [2.24, 2.45) is 5.41 Å². The molecule has 0 bridgehead atoms. The number of benzene rings is 1. The molecular formula is C21H26BN3O7. The van der Waals surface area contributed by atoms with E-state index in [0.717, 1.165) is 0 Å². The van der Waals surface area contributed by atoms with Crippen LogP contribution in [0, 0.1) is 5.41 Å². The standard InChI is InChI=1S/C21H26BN3O7/c1-21(2,3)20(28)31-13-30-19(27)15-6-4-5-14-11-16(22(29)32-18(14)15)24-17(26)7-9-25-10-8-23-12-25/h4-6,8,10,12,16,29H,7,9,11,13H2,1-3H3,(H,24,26). The van der Waals surface area contributed by atoms with E-state index >= 15 is 0 Å². The van der Waals surface area contributed by atoms with Gasteiger partial charge in [-0.25, -0.2) is 9.78 Å². The Hall–Kier alpha value is -3.34. The van der Waals surface area contributed by atoms with E-state index < -0.39 is 37.2 Å². The maximum absolute atomic E-state index is 12.5. The molecule has 1 aromatic carbocycles. The van der Waals surface area contributed by atoms with Gasteiger partial charge in [0.25, 0.3) is 0 Å². The molecule has 1 atom stereocenters. The molecule has 0 fully saturated rings. The number of amides is 1. The molecule has 1 aliphatic rings. The minimum atomic E-state index is -1.34. The molecule has 32 heavy (non-hydrogen) atoms. The first-order valence-electron chi connectivity index (χ1n) is 10.2. The SMILES string of the molecule is CC(C)(C)C(=O)OCOC(=O)c1cccc2c1OB(O)C(NC(=O)CCn1ccnc1)C2. The van der Waals surface area contributed by atoms with E-state index in [9.17, 15) is 19.4 Å². The first-order valence-corrected chi connectivity index (χ1v) is 10.2. The Labute approximate surface area is 186 Å². The number of esters is 2. The van der Waals surface area contributed by atoms with E-state index in [-0.39, 0.29) is 30.1 Å². The lowest BCUT2D eigenvalue weighted by Gasteiger charge is -2.29. The largest absolute Gasteiger partial charge is 0.547 e. The number of fused-ring (bicyclic) bond motifs is 1. The number of ether oxygens (including phenoxy) is 2. The van der Waals surface area contributed by atoms with Crippen LogP contribution in [0.5, 0.6) is 5.75 Å². The van der Waals surface area contributed by atoms with Gasteiger partial charge in [0.2, 0.25) is 12.7 Å². The maximum Gasteiger partial charge on any atom is 0.547 e. The van der Waals surface area contributed by atoms with Crippen LogP contribution in [0.15, 0.2) is 36.9 Å². The number of rotatable bonds is 7. The number of para-hydroxylation sites is 1. The Morgan fingerprint density at radius 2 is 2.09 bits per heavy atom. The number of hydrogen-bond acceptors (Lipinski definition) is 8.